The first-order valence-electron chi connectivity index (χ1n) is 8.57. The van der Waals surface area contributed by atoms with Crippen molar-refractivity contribution in [1.82, 2.24) is 19.9 Å². The molecule has 1 fully saturated rings. The van der Waals surface area contributed by atoms with Crippen molar-refractivity contribution in [2.75, 3.05) is 12.3 Å². The number of aliphatic hydroxyl groups excluding tert-OH is 2. The number of nitrogens with one attached hydrogen (secondary N) is 1. The number of carbonyl (C=O) groups is 1. The van der Waals surface area contributed by atoms with Crippen molar-refractivity contribution in [2.45, 2.75) is 24.5 Å². The molecule has 5 N–H and O–H groups in total. The minimum absolute atomic E-state index is 0.219. The fourth-order valence-electron chi connectivity index (χ4n) is 3.28. The molecule has 3 heterocycles. The lowest BCUT2D eigenvalue weighted by atomic mass is 10.1. The number of nitrogens with zero attached hydrogens (tertiary/aromatic N) is 3. The topological polar surface area (TPSA) is 136 Å². The minimum Gasteiger partial charge on any atom is -0.397 e. The first-order valence-corrected chi connectivity index (χ1v) is 8.57. The maximum Gasteiger partial charge on any atom is 0.251 e. The molecule has 10 heteroatoms. The smallest absolute Gasteiger partial charge is 0.251 e. The van der Waals surface area contributed by atoms with Crippen LogP contribution in [0.25, 0.3) is 11.2 Å². The van der Waals surface area contributed by atoms with Crippen LogP contribution in [0.5, 0.6) is 0 Å². The molecule has 1 amide bonds. The van der Waals surface area contributed by atoms with Gasteiger partial charge < -0.3 is 26.0 Å². The van der Waals surface area contributed by atoms with Crippen molar-refractivity contribution in [2.24, 2.45) is 0 Å². The zero-order valence-electron chi connectivity index (χ0n) is 14.6. The van der Waals surface area contributed by atoms with E-state index in [1.54, 1.807) is 6.07 Å². The van der Waals surface area contributed by atoms with Crippen LogP contribution in [0.3, 0.4) is 0 Å². The lowest BCUT2D eigenvalue weighted by molar-refractivity contribution is -0.0489. The molecule has 0 saturated carbocycles. The summed E-state index contributed by atoms with van der Waals surface area (Å²) in [6, 6.07) is 5.69. The molecule has 1 unspecified atom stereocenters. The van der Waals surface area contributed by atoms with Crippen LogP contribution in [-0.2, 0) is 4.74 Å². The maximum absolute atomic E-state index is 13.0. The highest BCUT2D eigenvalue weighted by Gasteiger charge is 2.45. The van der Waals surface area contributed by atoms with E-state index in [1.807, 2.05) is 0 Å². The predicted octanol–water partition coefficient (Wildman–Crippen LogP) is 0.202. The van der Waals surface area contributed by atoms with Crippen LogP contribution in [0.2, 0.25) is 0 Å². The van der Waals surface area contributed by atoms with E-state index in [4.69, 9.17) is 10.5 Å². The Hall–Kier alpha value is -3.08. The van der Waals surface area contributed by atoms with Gasteiger partial charge in [0.1, 0.15) is 23.5 Å². The number of aromatic nitrogens is 3. The van der Waals surface area contributed by atoms with Crippen molar-refractivity contribution in [1.29, 1.82) is 0 Å². The van der Waals surface area contributed by atoms with Crippen molar-refractivity contribution in [3.63, 3.8) is 0 Å². The van der Waals surface area contributed by atoms with Gasteiger partial charge in [0.15, 0.2) is 11.9 Å². The van der Waals surface area contributed by atoms with Gasteiger partial charge in [0, 0.05) is 11.8 Å². The normalized spacial score (nSPS) is 24.5. The first kappa shape index (κ1) is 18.3. The molecule has 1 saturated heterocycles. The number of aliphatic hydroxyl groups is 2. The third kappa shape index (κ3) is 3.07. The maximum atomic E-state index is 13.0. The Morgan fingerprint density at radius 3 is 2.75 bits per heavy atom. The van der Waals surface area contributed by atoms with E-state index in [-0.39, 0.29) is 5.56 Å². The standard InChI is InChI=1S/C18H18FN5O4/c19-10-3-1-9(2-4-10)17(27)23-14-12(7-25)28-18(15(14)26)24-8-22-13-11(20)5-6-21-16(13)24/h1-6,8,12,14-15,18,25-26H,7H2,(H2,20,21)(H,23,27)/t12-,14?,15+,18-/m1/s1. The number of halogens is 1. The number of fused-ring (bicyclic) bond motifs is 1. The monoisotopic (exact) mass is 387 g/mol. The summed E-state index contributed by atoms with van der Waals surface area (Å²) in [5.41, 5.74) is 7.39. The molecule has 1 aliphatic rings. The third-order valence-corrected chi connectivity index (χ3v) is 4.73. The Kier molecular flexibility index (Phi) is 4.67. The van der Waals surface area contributed by atoms with E-state index in [9.17, 15) is 19.4 Å². The molecule has 0 bridgehead atoms. The van der Waals surface area contributed by atoms with E-state index in [0.717, 1.165) is 12.1 Å². The molecule has 0 aliphatic carbocycles. The Balaban J connectivity index is 1.60. The number of anilines is 1. The Bertz CT molecular complexity index is 1010. The minimum atomic E-state index is -1.19. The molecular weight excluding hydrogens is 369 g/mol. The number of amides is 1. The van der Waals surface area contributed by atoms with Crippen LogP contribution >= 0.6 is 0 Å². The van der Waals surface area contributed by atoms with E-state index in [0.29, 0.717) is 16.9 Å². The summed E-state index contributed by atoms with van der Waals surface area (Å²) in [5, 5.41) is 23.1. The number of pyridine rings is 1. The molecule has 2 aromatic heterocycles. The number of rotatable bonds is 4. The number of ether oxygens (including phenoxy) is 1. The number of hydrogen-bond donors (Lipinski definition) is 4. The molecule has 3 aromatic rings. The number of hydrogen-bond acceptors (Lipinski definition) is 7. The highest BCUT2D eigenvalue weighted by Crippen LogP contribution is 2.32. The van der Waals surface area contributed by atoms with Crippen molar-refractivity contribution in [3.8, 4) is 0 Å². The number of nitrogen functional groups attached to an aromatic ring is 1. The van der Waals surface area contributed by atoms with Gasteiger partial charge in [0.05, 0.1) is 24.7 Å². The fourth-order valence-corrected chi connectivity index (χ4v) is 3.28. The van der Waals surface area contributed by atoms with Gasteiger partial charge in [-0.15, -0.1) is 0 Å². The van der Waals surface area contributed by atoms with E-state index in [1.165, 1.54) is 29.2 Å². The van der Waals surface area contributed by atoms with E-state index in [2.05, 4.69) is 15.3 Å². The lowest BCUT2D eigenvalue weighted by Crippen LogP contribution is -2.48. The molecule has 4 atom stereocenters. The quantitative estimate of drug-likeness (QED) is 0.502. The molecule has 1 aromatic carbocycles. The summed E-state index contributed by atoms with van der Waals surface area (Å²) in [7, 11) is 0. The zero-order chi connectivity index (χ0) is 19.8. The van der Waals surface area contributed by atoms with Crippen LogP contribution < -0.4 is 11.1 Å². The van der Waals surface area contributed by atoms with Gasteiger partial charge in [-0.3, -0.25) is 9.36 Å². The fraction of sp³-hybridized carbons (Fsp3) is 0.278. The Morgan fingerprint density at radius 2 is 2.04 bits per heavy atom. The van der Waals surface area contributed by atoms with E-state index < -0.39 is 42.8 Å². The van der Waals surface area contributed by atoms with E-state index >= 15 is 0 Å². The van der Waals surface area contributed by atoms with Gasteiger partial charge in [-0.1, -0.05) is 0 Å². The molecule has 0 radical (unpaired) electrons. The average Bonchev–Trinajstić information content (AvgIpc) is 3.25. The molecular formula is C18H18FN5O4. The molecule has 0 spiro atoms. The second kappa shape index (κ2) is 7.15. The van der Waals surface area contributed by atoms with Crippen LogP contribution in [0, 0.1) is 5.82 Å². The van der Waals surface area contributed by atoms with Gasteiger partial charge in [-0.25, -0.2) is 14.4 Å². The summed E-state index contributed by atoms with van der Waals surface area (Å²) >= 11 is 0. The zero-order valence-corrected chi connectivity index (χ0v) is 14.6. The predicted molar refractivity (Wildman–Crippen MR) is 96.6 cm³/mol. The summed E-state index contributed by atoms with van der Waals surface area (Å²) in [5.74, 6) is -0.988. The highest BCUT2D eigenvalue weighted by atomic mass is 19.1. The van der Waals surface area contributed by atoms with Crippen LogP contribution in [0.1, 0.15) is 16.6 Å². The summed E-state index contributed by atoms with van der Waals surface area (Å²) in [6.45, 7) is -0.426. The van der Waals surface area contributed by atoms with Gasteiger partial charge in [-0.2, -0.15) is 0 Å². The van der Waals surface area contributed by atoms with Crippen molar-refractivity contribution >= 4 is 22.8 Å². The number of nitrogens with two attached hydrogens (primary N) is 1. The second-order valence-corrected chi connectivity index (χ2v) is 6.47. The van der Waals surface area contributed by atoms with Gasteiger partial charge in [0.2, 0.25) is 0 Å². The second-order valence-electron chi connectivity index (χ2n) is 6.47. The highest BCUT2D eigenvalue weighted by molar-refractivity contribution is 5.94. The molecule has 28 heavy (non-hydrogen) atoms. The van der Waals surface area contributed by atoms with Gasteiger partial charge >= 0.3 is 0 Å². The summed E-state index contributed by atoms with van der Waals surface area (Å²) in [6.07, 6.45) is -0.0466. The molecule has 1 aliphatic heterocycles. The lowest BCUT2D eigenvalue weighted by Gasteiger charge is -2.21. The molecule has 4 rings (SSSR count). The number of carbonyl (C=O) groups excluding carboxylic acids is 1. The van der Waals surface area contributed by atoms with Gasteiger partial charge in [-0.05, 0) is 30.3 Å². The summed E-state index contributed by atoms with van der Waals surface area (Å²) < 4.78 is 20.3. The first-order chi connectivity index (χ1) is 13.5. The molecule has 146 valence electrons. The molecule has 9 nitrogen and oxygen atoms in total. The number of benzene rings is 1. The SMILES string of the molecule is Nc1ccnc2c1ncn2[C@@H]1O[C@H](CO)C(NC(=O)c2ccc(F)cc2)[C@@H]1O. The van der Waals surface area contributed by atoms with Gasteiger partial charge in [0.25, 0.3) is 5.91 Å². The average molecular weight is 387 g/mol. The van der Waals surface area contributed by atoms with Crippen LogP contribution in [0.4, 0.5) is 10.1 Å². The third-order valence-electron chi connectivity index (χ3n) is 4.73. The van der Waals surface area contributed by atoms with Crippen molar-refractivity contribution in [3.05, 3.63) is 54.2 Å². The number of imidazole rings is 1. The largest absolute Gasteiger partial charge is 0.397 e. The Labute approximate surface area is 158 Å². The Morgan fingerprint density at radius 1 is 1.29 bits per heavy atom. The summed E-state index contributed by atoms with van der Waals surface area (Å²) in [4.78, 5) is 20.8. The van der Waals surface area contributed by atoms with Crippen LogP contribution in [0.15, 0.2) is 42.9 Å². The van der Waals surface area contributed by atoms with Crippen molar-refractivity contribution < 1.29 is 24.1 Å². The van der Waals surface area contributed by atoms with Crippen LogP contribution in [-0.4, -0.2) is 55.5 Å².